The predicted octanol–water partition coefficient (Wildman–Crippen LogP) is 4.29. The fourth-order valence-corrected chi connectivity index (χ4v) is 3.17. The molecule has 0 N–H and O–H groups in total. The molecule has 0 aliphatic carbocycles. The number of hydrogen-bond donors (Lipinski definition) is 0. The number of nitro groups is 1. The highest BCUT2D eigenvalue weighted by Gasteiger charge is 2.34. The van der Waals surface area contributed by atoms with E-state index >= 15 is 0 Å². The quantitative estimate of drug-likeness (QED) is 0.233. The molecular formula is C21H14ClN3O5. The molecular weight excluding hydrogens is 410 g/mol. The van der Waals surface area contributed by atoms with Crippen molar-refractivity contribution >= 4 is 35.2 Å². The molecule has 0 saturated carbocycles. The molecule has 8 nitrogen and oxygen atoms in total. The molecule has 2 heterocycles. The summed E-state index contributed by atoms with van der Waals surface area (Å²) in [5, 5.41) is 20.6. The normalized spacial score (nSPS) is 15.5. The number of benzene rings is 1. The van der Waals surface area contributed by atoms with Gasteiger partial charge in [-0.25, -0.2) is 0 Å². The van der Waals surface area contributed by atoms with E-state index in [0.717, 1.165) is 4.90 Å². The highest BCUT2D eigenvalue weighted by atomic mass is 35.5. The van der Waals surface area contributed by atoms with Crippen LogP contribution < -0.4 is 0 Å². The Labute approximate surface area is 176 Å². The molecule has 1 aromatic heterocycles. The number of halogens is 1. The number of hydrogen-bond acceptors (Lipinski definition) is 6. The SMILES string of the molecule is C=CCN1C(=O)C(C#N)=C(C)/C(=C\c2ccc(-c3cc([N+](=O)[O-])ccc3Cl)o2)C1=O. The highest BCUT2D eigenvalue weighted by Crippen LogP contribution is 2.34. The minimum Gasteiger partial charge on any atom is -0.457 e. The summed E-state index contributed by atoms with van der Waals surface area (Å²) < 4.78 is 5.71. The molecule has 1 aliphatic heterocycles. The van der Waals surface area contributed by atoms with Crippen molar-refractivity contribution in [3.05, 3.63) is 80.6 Å². The standard InChI is InChI=1S/C21H14ClN3O5/c1-3-8-24-20(26)15(12(2)17(11-23)21(24)27)10-14-5-7-19(30-14)16-9-13(25(28)29)4-6-18(16)22/h3-7,9-10H,1,8H2,2H3/b15-10+. The second-order valence-corrected chi connectivity index (χ2v) is 6.71. The Kier molecular flexibility index (Phi) is 5.67. The van der Waals surface area contributed by atoms with E-state index in [0.29, 0.717) is 5.56 Å². The van der Waals surface area contributed by atoms with E-state index in [1.165, 1.54) is 37.3 Å². The van der Waals surface area contributed by atoms with Gasteiger partial charge in [0.15, 0.2) is 0 Å². The topological polar surface area (TPSA) is 117 Å². The van der Waals surface area contributed by atoms with Crippen LogP contribution >= 0.6 is 11.6 Å². The third kappa shape index (κ3) is 3.66. The van der Waals surface area contributed by atoms with Gasteiger partial charge in [0.05, 0.1) is 9.95 Å². The van der Waals surface area contributed by atoms with Crippen molar-refractivity contribution in [2.45, 2.75) is 6.92 Å². The van der Waals surface area contributed by atoms with Crippen LogP contribution in [0, 0.1) is 21.4 Å². The Hall–Kier alpha value is -3.96. The molecule has 0 spiro atoms. The lowest BCUT2D eigenvalue weighted by Gasteiger charge is -2.26. The number of nitriles is 1. The Bertz CT molecular complexity index is 1200. The van der Waals surface area contributed by atoms with Gasteiger partial charge >= 0.3 is 0 Å². The maximum atomic E-state index is 12.8. The van der Waals surface area contributed by atoms with Crippen molar-refractivity contribution in [1.82, 2.24) is 4.90 Å². The van der Waals surface area contributed by atoms with Gasteiger partial charge in [-0.1, -0.05) is 17.7 Å². The molecule has 0 unspecified atom stereocenters. The van der Waals surface area contributed by atoms with Gasteiger partial charge in [0.2, 0.25) is 0 Å². The van der Waals surface area contributed by atoms with E-state index in [4.69, 9.17) is 16.0 Å². The smallest absolute Gasteiger partial charge is 0.271 e. The van der Waals surface area contributed by atoms with Crippen LogP contribution in [0.25, 0.3) is 17.4 Å². The van der Waals surface area contributed by atoms with Crippen LogP contribution in [0.5, 0.6) is 0 Å². The number of carbonyl (C=O) groups excluding carboxylic acids is 2. The summed E-state index contributed by atoms with van der Waals surface area (Å²) in [5.41, 5.74) is 0.387. The van der Waals surface area contributed by atoms with Gasteiger partial charge in [0, 0.05) is 29.8 Å². The minimum absolute atomic E-state index is 0.0415. The number of carbonyl (C=O) groups is 2. The number of non-ortho nitro benzene ring substituents is 1. The summed E-state index contributed by atoms with van der Waals surface area (Å²) in [6, 6.07) is 8.90. The molecule has 9 heteroatoms. The Morgan fingerprint density at radius 2 is 2.03 bits per heavy atom. The largest absolute Gasteiger partial charge is 0.457 e. The molecule has 1 aliphatic rings. The molecule has 150 valence electrons. The van der Waals surface area contributed by atoms with E-state index in [1.54, 1.807) is 12.1 Å². The van der Waals surface area contributed by atoms with Gasteiger partial charge in [-0.3, -0.25) is 24.6 Å². The molecule has 0 radical (unpaired) electrons. The van der Waals surface area contributed by atoms with Crippen molar-refractivity contribution in [3.63, 3.8) is 0 Å². The number of furan rings is 1. The molecule has 3 rings (SSSR count). The first-order valence-corrected chi connectivity index (χ1v) is 9.00. The average molecular weight is 424 g/mol. The minimum atomic E-state index is -0.680. The Balaban J connectivity index is 2.06. The van der Waals surface area contributed by atoms with Crippen molar-refractivity contribution in [2.75, 3.05) is 6.54 Å². The van der Waals surface area contributed by atoms with Gasteiger partial charge in [-0.15, -0.1) is 6.58 Å². The van der Waals surface area contributed by atoms with Gasteiger partial charge in [0.25, 0.3) is 17.5 Å². The van der Waals surface area contributed by atoms with Crippen LogP contribution in [0.1, 0.15) is 12.7 Å². The fourth-order valence-electron chi connectivity index (χ4n) is 2.96. The Morgan fingerprint density at radius 3 is 2.67 bits per heavy atom. The van der Waals surface area contributed by atoms with Gasteiger partial charge in [-0.05, 0) is 36.8 Å². The second-order valence-electron chi connectivity index (χ2n) is 6.30. The number of rotatable bonds is 5. The van der Waals surface area contributed by atoms with E-state index in [2.05, 4.69) is 6.58 Å². The van der Waals surface area contributed by atoms with E-state index in [1.807, 2.05) is 6.07 Å². The molecule has 0 bridgehead atoms. The zero-order valence-corrected chi connectivity index (χ0v) is 16.5. The van der Waals surface area contributed by atoms with Crippen molar-refractivity contribution in [3.8, 4) is 17.4 Å². The third-order valence-electron chi connectivity index (χ3n) is 4.48. The summed E-state index contributed by atoms with van der Waals surface area (Å²) in [5.74, 6) is -0.747. The van der Waals surface area contributed by atoms with Crippen molar-refractivity contribution in [2.24, 2.45) is 0 Å². The summed E-state index contributed by atoms with van der Waals surface area (Å²) in [6.45, 7) is 4.99. The van der Waals surface area contributed by atoms with E-state index < -0.39 is 16.7 Å². The van der Waals surface area contributed by atoms with Gasteiger partial charge in [-0.2, -0.15) is 5.26 Å². The van der Waals surface area contributed by atoms with Crippen molar-refractivity contribution in [1.29, 1.82) is 5.26 Å². The monoisotopic (exact) mass is 423 g/mol. The van der Waals surface area contributed by atoms with E-state index in [-0.39, 0.29) is 45.5 Å². The lowest BCUT2D eigenvalue weighted by atomic mass is 9.94. The molecule has 0 fully saturated rings. The van der Waals surface area contributed by atoms with Crippen molar-refractivity contribution < 1.29 is 18.9 Å². The van der Waals surface area contributed by atoms with E-state index in [9.17, 15) is 25.0 Å². The average Bonchev–Trinajstić information content (AvgIpc) is 3.17. The highest BCUT2D eigenvalue weighted by molar-refractivity contribution is 6.33. The lowest BCUT2D eigenvalue weighted by Crippen LogP contribution is -2.42. The maximum Gasteiger partial charge on any atom is 0.271 e. The summed E-state index contributed by atoms with van der Waals surface area (Å²) in [7, 11) is 0. The summed E-state index contributed by atoms with van der Waals surface area (Å²) in [6.07, 6.45) is 2.80. The first-order chi connectivity index (χ1) is 14.3. The second kappa shape index (κ2) is 8.19. The number of nitrogens with zero attached hydrogens (tertiary/aromatic N) is 3. The van der Waals surface area contributed by atoms with Crippen LogP contribution in [0.4, 0.5) is 5.69 Å². The molecule has 2 aromatic rings. The summed E-state index contributed by atoms with van der Waals surface area (Å²) >= 11 is 6.14. The van der Waals surface area contributed by atoms with Crippen LogP contribution in [0.2, 0.25) is 5.02 Å². The lowest BCUT2D eigenvalue weighted by molar-refractivity contribution is -0.384. The van der Waals surface area contributed by atoms with Crippen LogP contribution in [0.15, 0.2) is 64.1 Å². The predicted molar refractivity (Wildman–Crippen MR) is 109 cm³/mol. The molecule has 2 amide bonds. The number of imide groups is 1. The molecule has 30 heavy (non-hydrogen) atoms. The third-order valence-corrected chi connectivity index (χ3v) is 4.81. The maximum absolute atomic E-state index is 12.8. The fraction of sp³-hybridized carbons (Fsp3) is 0.0952. The molecule has 0 atom stereocenters. The summed E-state index contributed by atoms with van der Waals surface area (Å²) in [4.78, 5) is 36.5. The Morgan fingerprint density at radius 1 is 1.30 bits per heavy atom. The van der Waals surface area contributed by atoms with Gasteiger partial charge in [0.1, 0.15) is 23.2 Å². The zero-order chi connectivity index (χ0) is 22.0. The zero-order valence-electron chi connectivity index (χ0n) is 15.7. The van der Waals surface area contributed by atoms with Crippen LogP contribution in [-0.4, -0.2) is 28.2 Å². The van der Waals surface area contributed by atoms with Crippen LogP contribution in [-0.2, 0) is 9.59 Å². The van der Waals surface area contributed by atoms with Crippen LogP contribution in [0.3, 0.4) is 0 Å². The first-order valence-electron chi connectivity index (χ1n) is 8.62. The number of amides is 2. The number of nitro benzene ring substituents is 1. The molecule has 0 saturated heterocycles. The van der Waals surface area contributed by atoms with Gasteiger partial charge < -0.3 is 4.42 Å². The first kappa shape index (κ1) is 20.8. The molecule has 1 aromatic carbocycles.